The van der Waals surface area contributed by atoms with Crippen LogP contribution in [0.25, 0.3) is 0 Å². The Hall–Kier alpha value is -3.55. The topological polar surface area (TPSA) is 236 Å². The Labute approximate surface area is 277 Å². The second-order valence-corrected chi connectivity index (χ2v) is 12.0. The van der Waals surface area contributed by atoms with Crippen LogP contribution < -0.4 is 16.0 Å². The van der Waals surface area contributed by atoms with Crippen LogP contribution >= 0.6 is 0 Å². The summed E-state index contributed by atoms with van der Waals surface area (Å²) in [4.78, 5) is 82.1. The van der Waals surface area contributed by atoms with Crippen LogP contribution in [0.5, 0.6) is 0 Å². The smallest absolute Gasteiger partial charge is 0.326 e. The van der Waals surface area contributed by atoms with Crippen molar-refractivity contribution in [3.8, 4) is 0 Å². The van der Waals surface area contributed by atoms with Crippen LogP contribution in [0.3, 0.4) is 0 Å². The number of carbonyl (C=O) groups excluding carboxylic acids is 4. The number of aliphatic hydroxyl groups is 1. The average molecular weight is 672 g/mol. The summed E-state index contributed by atoms with van der Waals surface area (Å²) in [5, 5.41) is 43.7. The van der Waals surface area contributed by atoms with Gasteiger partial charge in [-0.2, -0.15) is 0 Å². The third-order valence-corrected chi connectivity index (χ3v) is 7.89. The molecule has 270 valence electrons. The van der Waals surface area contributed by atoms with Gasteiger partial charge in [0.1, 0.15) is 18.1 Å². The molecule has 14 heteroatoms. The molecule has 3 amide bonds. The number of aliphatic hydroxyl groups excluding tert-OH is 1. The van der Waals surface area contributed by atoms with E-state index in [0.29, 0.717) is 6.42 Å². The van der Waals surface area contributed by atoms with E-state index in [-0.39, 0.29) is 50.7 Å². The van der Waals surface area contributed by atoms with E-state index in [1.54, 1.807) is 6.92 Å². The van der Waals surface area contributed by atoms with E-state index in [0.717, 1.165) is 51.4 Å². The molecular formula is C33H57N3O11. The van der Waals surface area contributed by atoms with Crippen LogP contribution in [0, 0.1) is 0 Å². The van der Waals surface area contributed by atoms with Crippen LogP contribution in [0.2, 0.25) is 0 Å². The Bertz CT molecular complexity index is 973. The van der Waals surface area contributed by atoms with Crippen molar-refractivity contribution in [3.63, 3.8) is 0 Å². The molecule has 0 spiro atoms. The molecule has 0 unspecified atom stereocenters. The fraction of sp³-hybridized carbons (Fsp3) is 0.788. The van der Waals surface area contributed by atoms with Gasteiger partial charge in [-0.3, -0.25) is 24.0 Å². The molecule has 0 aromatic rings. The molecule has 0 fully saturated rings. The highest BCUT2D eigenvalue weighted by Crippen LogP contribution is 2.14. The number of Topliss-reactive ketones (excluding diaryl/α,β-unsaturated/α-hetero) is 1. The number of ketones is 1. The quantitative estimate of drug-likeness (QED) is 0.0527. The van der Waals surface area contributed by atoms with Gasteiger partial charge in [-0.05, 0) is 25.7 Å². The zero-order chi connectivity index (χ0) is 35.5. The van der Waals surface area contributed by atoms with E-state index in [9.17, 15) is 48.9 Å². The van der Waals surface area contributed by atoms with Gasteiger partial charge in [-0.25, -0.2) is 9.59 Å². The Kier molecular flexibility index (Phi) is 25.5. The maximum Gasteiger partial charge on any atom is 0.326 e. The van der Waals surface area contributed by atoms with E-state index < -0.39 is 60.4 Å². The Morgan fingerprint density at radius 2 is 0.787 bits per heavy atom. The Balaban J connectivity index is 4.14. The van der Waals surface area contributed by atoms with Crippen molar-refractivity contribution < 1.29 is 54.0 Å². The third kappa shape index (κ3) is 24.3. The van der Waals surface area contributed by atoms with E-state index in [1.165, 1.54) is 32.1 Å². The average Bonchev–Trinajstić information content (AvgIpc) is 3.02. The minimum absolute atomic E-state index is 0.0989. The monoisotopic (exact) mass is 671 g/mol. The fourth-order valence-electron chi connectivity index (χ4n) is 5.02. The predicted molar refractivity (Wildman–Crippen MR) is 173 cm³/mol. The summed E-state index contributed by atoms with van der Waals surface area (Å²) in [6.45, 7) is 0.976. The van der Waals surface area contributed by atoms with Gasteiger partial charge < -0.3 is 36.4 Å². The van der Waals surface area contributed by atoms with E-state index >= 15 is 0 Å². The fourth-order valence-corrected chi connectivity index (χ4v) is 5.02. The molecule has 7 N–H and O–H groups in total. The van der Waals surface area contributed by atoms with Crippen molar-refractivity contribution in [1.29, 1.82) is 0 Å². The van der Waals surface area contributed by atoms with Crippen molar-refractivity contribution in [2.75, 3.05) is 6.61 Å². The summed E-state index contributed by atoms with van der Waals surface area (Å²) in [5.74, 6) is -5.67. The Morgan fingerprint density at radius 1 is 0.468 bits per heavy atom. The van der Waals surface area contributed by atoms with Crippen molar-refractivity contribution in [1.82, 2.24) is 16.0 Å². The van der Waals surface area contributed by atoms with Gasteiger partial charge in [0.15, 0.2) is 5.78 Å². The van der Waals surface area contributed by atoms with E-state index in [1.807, 2.05) is 0 Å². The number of nitrogens with one attached hydrogen (secondary N) is 3. The standard InChI is InChI=1S/C33H57N3O11/c1-2-27(38)26(23-37)36-30(41)22-20-25(33(46)47)35-29(40)21-19-24(32(44)45)34-28(39)17-15-13-11-9-7-5-3-4-6-8-10-12-14-16-18-31(42)43/h24-26,37H,2-23H2,1H3,(H,34,39)(H,35,40)(H,36,41)(H,42,43)(H,44,45)(H,46,47)/t24-,25-,26-/m0/s1. The van der Waals surface area contributed by atoms with Crippen LogP contribution in [0.4, 0.5) is 0 Å². The van der Waals surface area contributed by atoms with Gasteiger partial charge >= 0.3 is 17.9 Å². The van der Waals surface area contributed by atoms with Crippen molar-refractivity contribution in [3.05, 3.63) is 0 Å². The summed E-state index contributed by atoms with van der Waals surface area (Å²) in [6.07, 6.45) is 13.9. The van der Waals surface area contributed by atoms with Gasteiger partial charge in [0.05, 0.1) is 6.61 Å². The van der Waals surface area contributed by atoms with Crippen LogP contribution in [0.1, 0.15) is 142 Å². The number of amides is 3. The van der Waals surface area contributed by atoms with Crippen LogP contribution in [-0.2, 0) is 33.6 Å². The molecule has 0 aliphatic rings. The molecule has 3 atom stereocenters. The molecule has 0 radical (unpaired) electrons. The normalized spacial score (nSPS) is 12.8. The molecule has 0 heterocycles. The molecule has 0 saturated carbocycles. The van der Waals surface area contributed by atoms with Gasteiger partial charge in [-0.15, -0.1) is 0 Å². The van der Waals surface area contributed by atoms with Crippen molar-refractivity contribution >= 4 is 41.4 Å². The van der Waals surface area contributed by atoms with E-state index in [4.69, 9.17) is 5.11 Å². The number of hydrogen-bond acceptors (Lipinski definition) is 8. The predicted octanol–water partition coefficient (Wildman–Crippen LogP) is 3.47. The first kappa shape index (κ1) is 43.5. The molecule has 14 nitrogen and oxygen atoms in total. The summed E-state index contributed by atoms with van der Waals surface area (Å²) in [5.41, 5.74) is 0. The maximum absolute atomic E-state index is 12.3. The summed E-state index contributed by atoms with van der Waals surface area (Å²) in [7, 11) is 0. The van der Waals surface area contributed by atoms with Gasteiger partial charge in [0.25, 0.3) is 0 Å². The SMILES string of the molecule is CCC(=O)[C@H](CO)NC(=O)CC[C@H](NC(=O)CC[C@H](NC(=O)CCCCCCCCCCCCCCCCC(=O)O)C(=O)O)C(=O)O. The third-order valence-electron chi connectivity index (χ3n) is 7.89. The Morgan fingerprint density at radius 3 is 1.11 bits per heavy atom. The second-order valence-electron chi connectivity index (χ2n) is 12.0. The number of carboxylic acids is 3. The molecule has 0 rings (SSSR count). The molecule has 0 bridgehead atoms. The van der Waals surface area contributed by atoms with Crippen molar-refractivity contribution in [2.24, 2.45) is 0 Å². The summed E-state index contributed by atoms with van der Waals surface area (Å²) in [6, 6.07) is -3.84. The van der Waals surface area contributed by atoms with Crippen molar-refractivity contribution in [2.45, 2.75) is 160 Å². The lowest BCUT2D eigenvalue weighted by Gasteiger charge is -2.18. The first-order valence-corrected chi connectivity index (χ1v) is 17.1. The lowest BCUT2D eigenvalue weighted by Crippen LogP contribution is -2.45. The highest BCUT2D eigenvalue weighted by molar-refractivity contribution is 5.89. The molecule has 0 saturated heterocycles. The molecule has 0 aromatic heterocycles. The maximum atomic E-state index is 12.3. The molecule has 0 aliphatic heterocycles. The lowest BCUT2D eigenvalue weighted by atomic mass is 10.0. The van der Waals surface area contributed by atoms with Crippen LogP contribution in [-0.4, -0.2) is 86.6 Å². The minimum Gasteiger partial charge on any atom is -0.481 e. The zero-order valence-electron chi connectivity index (χ0n) is 27.9. The number of unbranched alkanes of at least 4 members (excludes halogenated alkanes) is 13. The largest absolute Gasteiger partial charge is 0.481 e. The summed E-state index contributed by atoms with van der Waals surface area (Å²) >= 11 is 0. The zero-order valence-corrected chi connectivity index (χ0v) is 27.9. The van der Waals surface area contributed by atoms with Gasteiger partial charge in [0.2, 0.25) is 17.7 Å². The van der Waals surface area contributed by atoms with Gasteiger partial charge in [-0.1, -0.05) is 84.0 Å². The minimum atomic E-state index is -1.43. The van der Waals surface area contributed by atoms with Crippen LogP contribution in [0.15, 0.2) is 0 Å². The lowest BCUT2D eigenvalue weighted by molar-refractivity contribution is -0.143. The number of carbonyl (C=O) groups is 7. The molecule has 0 aromatic carbocycles. The molecule has 0 aliphatic carbocycles. The first-order valence-electron chi connectivity index (χ1n) is 17.1. The highest BCUT2D eigenvalue weighted by atomic mass is 16.4. The number of rotatable bonds is 31. The number of hydrogen-bond donors (Lipinski definition) is 7. The highest BCUT2D eigenvalue weighted by Gasteiger charge is 2.25. The summed E-state index contributed by atoms with van der Waals surface area (Å²) < 4.78 is 0. The molecule has 47 heavy (non-hydrogen) atoms. The van der Waals surface area contributed by atoms with Gasteiger partial charge in [0, 0.05) is 32.1 Å². The second kappa shape index (κ2) is 27.6. The van der Waals surface area contributed by atoms with E-state index in [2.05, 4.69) is 16.0 Å². The molecular weight excluding hydrogens is 614 g/mol. The number of carboxylic acid groups (broad SMARTS) is 3. The number of aliphatic carboxylic acids is 3. The first-order chi connectivity index (χ1) is 22.4.